The number of hydrogen-bond acceptors (Lipinski definition) is 2. The van der Waals surface area contributed by atoms with Crippen LogP contribution in [0.4, 0.5) is 0 Å². The molecular formula is C21H29N3O. The Morgan fingerprint density at radius 1 is 1.12 bits per heavy atom. The number of imidazole rings is 1. The number of rotatable bonds is 4. The first-order valence-electron chi connectivity index (χ1n) is 10.0. The smallest absolute Gasteiger partial charge is 0.222 e. The molecule has 2 aliphatic rings. The fraction of sp³-hybridized carbons (Fsp3) is 0.619. The van der Waals surface area contributed by atoms with Gasteiger partial charge in [-0.1, -0.05) is 38.3 Å². The lowest BCUT2D eigenvalue weighted by Crippen LogP contribution is -2.31. The number of likely N-dealkylation sites (tertiary alicyclic amines) is 1. The van der Waals surface area contributed by atoms with Crippen molar-refractivity contribution in [3.05, 3.63) is 30.1 Å². The third-order valence-corrected chi connectivity index (χ3v) is 6.02. The van der Waals surface area contributed by atoms with Crippen molar-refractivity contribution in [2.75, 3.05) is 6.54 Å². The summed E-state index contributed by atoms with van der Waals surface area (Å²) in [6, 6.07) is 8.62. The van der Waals surface area contributed by atoms with Crippen molar-refractivity contribution >= 4 is 16.9 Å². The van der Waals surface area contributed by atoms with E-state index in [4.69, 9.17) is 4.98 Å². The number of hydrogen-bond donors (Lipinski definition) is 0. The third kappa shape index (κ3) is 3.19. The first-order valence-corrected chi connectivity index (χ1v) is 10.0. The van der Waals surface area contributed by atoms with Crippen molar-refractivity contribution in [2.45, 2.75) is 70.9 Å². The molecule has 1 aliphatic carbocycles. The lowest BCUT2D eigenvalue weighted by atomic mass is 9.89. The number of benzene rings is 1. The Bertz CT molecular complexity index is 745. The van der Waals surface area contributed by atoms with Gasteiger partial charge >= 0.3 is 0 Å². The first-order chi connectivity index (χ1) is 12.3. The highest BCUT2D eigenvalue weighted by atomic mass is 16.2. The Hall–Kier alpha value is -1.84. The van der Waals surface area contributed by atoms with Crippen LogP contribution in [0.2, 0.25) is 0 Å². The van der Waals surface area contributed by atoms with Gasteiger partial charge in [-0.3, -0.25) is 4.79 Å². The number of para-hydroxylation sites is 2. The Kier molecular flexibility index (Phi) is 4.78. The van der Waals surface area contributed by atoms with Gasteiger partial charge in [-0.15, -0.1) is 0 Å². The van der Waals surface area contributed by atoms with Gasteiger partial charge in [0.2, 0.25) is 5.91 Å². The minimum Gasteiger partial charge on any atom is -0.333 e. The number of nitrogens with zero attached hydrogens (tertiary/aromatic N) is 3. The Balaban J connectivity index is 1.72. The number of amides is 1. The zero-order chi connectivity index (χ0) is 17.2. The van der Waals surface area contributed by atoms with E-state index < -0.39 is 0 Å². The van der Waals surface area contributed by atoms with Crippen LogP contribution >= 0.6 is 0 Å². The van der Waals surface area contributed by atoms with Gasteiger partial charge in [0, 0.05) is 19.5 Å². The van der Waals surface area contributed by atoms with Gasteiger partial charge in [0.05, 0.1) is 17.1 Å². The van der Waals surface area contributed by atoms with E-state index in [2.05, 4.69) is 33.7 Å². The standard InChI is InChI=1S/C21H29N3O/c1-2-20(25)23-14-8-13-19(23)21-22-17-11-6-7-12-18(17)24(21)15-16-9-4-3-5-10-16/h6-7,11-12,16,19H,2-5,8-10,13-15H2,1H3/t19-/m1/s1. The Labute approximate surface area is 150 Å². The van der Waals surface area contributed by atoms with Gasteiger partial charge in [-0.05, 0) is 43.7 Å². The molecule has 134 valence electrons. The van der Waals surface area contributed by atoms with Crippen molar-refractivity contribution in [3.63, 3.8) is 0 Å². The van der Waals surface area contributed by atoms with Crippen LogP contribution in [0.3, 0.4) is 0 Å². The summed E-state index contributed by atoms with van der Waals surface area (Å²) in [5.74, 6) is 2.13. The van der Waals surface area contributed by atoms with Crippen LogP contribution in [0, 0.1) is 5.92 Å². The van der Waals surface area contributed by atoms with E-state index in [1.54, 1.807) is 0 Å². The molecule has 0 N–H and O–H groups in total. The van der Waals surface area contributed by atoms with Crippen LogP contribution in [0.1, 0.15) is 70.2 Å². The maximum atomic E-state index is 12.4. The fourth-order valence-electron chi connectivity index (χ4n) is 4.71. The number of carbonyl (C=O) groups excluding carboxylic acids is 1. The monoisotopic (exact) mass is 339 g/mol. The highest BCUT2D eigenvalue weighted by molar-refractivity contribution is 5.78. The van der Waals surface area contributed by atoms with Crippen LogP contribution < -0.4 is 0 Å². The van der Waals surface area contributed by atoms with Crippen LogP contribution in [-0.4, -0.2) is 26.9 Å². The molecule has 0 radical (unpaired) electrons. The predicted octanol–water partition coefficient (Wildman–Crippen LogP) is 4.69. The quantitative estimate of drug-likeness (QED) is 0.810. The predicted molar refractivity (Wildman–Crippen MR) is 100 cm³/mol. The molecule has 1 amide bonds. The van der Waals surface area contributed by atoms with E-state index in [1.807, 2.05) is 6.92 Å². The minimum absolute atomic E-state index is 0.156. The van der Waals surface area contributed by atoms with Crippen LogP contribution in [0.25, 0.3) is 11.0 Å². The summed E-state index contributed by atoms with van der Waals surface area (Å²) in [6.45, 7) is 3.90. The number of carbonyl (C=O) groups is 1. The highest BCUT2D eigenvalue weighted by Crippen LogP contribution is 2.35. The topological polar surface area (TPSA) is 38.1 Å². The molecule has 4 heteroatoms. The van der Waals surface area contributed by atoms with Crippen molar-refractivity contribution < 1.29 is 4.79 Å². The van der Waals surface area contributed by atoms with E-state index in [0.29, 0.717) is 6.42 Å². The van der Waals surface area contributed by atoms with E-state index in [1.165, 1.54) is 37.6 Å². The summed E-state index contributed by atoms with van der Waals surface area (Å²) in [5.41, 5.74) is 2.31. The van der Waals surface area contributed by atoms with Gasteiger partial charge in [0.25, 0.3) is 0 Å². The van der Waals surface area contributed by atoms with E-state index >= 15 is 0 Å². The molecule has 1 atom stereocenters. The van der Waals surface area contributed by atoms with Crippen LogP contribution in [0.5, 0.6) is 0 Å². The SMILES string of the molecule is CCC(=O)N1CCC[C@@H]1c1nc2ccccc2n1CC1CCCCC1. The lowest BCUT2D eigenvalue weighted by Gasteiger charge is -2.27. The summed E-state index contributed by atoms with van der Waals surface area (Å²) in [5, 5.41) is 0. The molecule has 2 aromatic rings. The molecule has 2 heterocycles. The second-order valence-electron chi connectivity index (χ2n) is 7.67. The average molecular weight is 339 g/mol. The summed E-state index contributed by atoms with van der Waals surface area (Å²) in [7, 11) is 0. The first kappa shape index (κ1) is 16.6. The molecule has 1 aromatic heterocycles. The molecule has 1 aromatic carbocycles. The summed E-state index contributed by atoms with van der Waals surface area (Å²) < 4.78 is 2.44. The lowest BCUT2D eigenvalue weighted by molar-refractivity contribution is -0.131. The van der Waals surface area contributed by atoms with Gasteiger partial charge < -0.3 is 9.47 Å². The van der Waals surface area contributed by atoms with E-state index in [-0.39, 0.29) is 11.9 Å². The fourth-order valence-corrected chi connectivity index (χ4v) is 4.71. The zero-order valence-electron chi connectivity index (χ0n) is 15.3. The maximum absolute atomic E-state index is 12.4. The van der Waals surface area contributed by atoms with Gasteiger partial charge in [-0.2, -0.15) is 0 Å². The van der Waals surface area contributed by atoms with Crippen LogP contribution in [0.15, 0.2) is 24.3 Å². The summed E-state index contributed by atoms with van der Waals surface area (Å²) in [4.78, 5) is 19.5. The molecule has 0 bridgehead atoms. The van der Waals surface area contributed by atoms with Crippen molar-refractivity contribution in [1.82, 2.24) is 14.5 Å². The molecule has 25 heavy (non-hydrogen) atoms. The number of aromatic nitrogens is 2. The summed E-state index contributed by atoms with van der Waals surface area (Å²) in [6.07, 6.45) is 9.47. The molecule has 1 saturated heterocycles. The Morgan fingerprint density at radius 2 is 1.92 bits per heavy atom. The van der Waals surface area contributed by atoms with E-state index in [9.17, 15) is 4.79 Å². The van der Waals surface area contributed by atoms with Crippen molar-refractivity contribution in [1.29, 1.82) is 0 Å². The highest BCUT2D eigenvalue weighted by Gasteiger charge is 2.33. The Morgan fingerprint density at radius 3 is 2.72 bits per heavy atom. The molecule has 4 rings (SSSR count). The number of fused-ring (bicyclic) bond motifs is 1. The largest absolute Gasteiger partial charge is 0.333 e. The summed E-state index contributed by atoms with van der Waals surface area (Å²) >= 11 is 0. The van der Waals surface area contributed by atoms with Crippen LogP contribution in [-0.2, 0) is 11.3 Å². The van der Waals surface area contributed by atoms with E-state index in [0.717, 1.165) is 43.2 Å². The molecular weight excluding hydrogens is 310 g/mol. The second-order valence-corrected chi connectivity index (χ2v) is 7.67. The molecule has 2 fully saturated rings. The molecule has 0 spiro atoms. The average Bonchev–Trinajstić information content (AvgIpc) is 3.27. The minimum atomic E-state index is 0.156. The van der Waals surface area contributed by atoms with Crippen molar-refractivity contribution in [2.24, 2.45) is 5.92 Å². The molecule has 1 saturated carbocycles. The maximum Gasteiger partial charge on any atom is 0.222 e. The molecule has 4 nitrogen and oxygen atoms in total. The van der Waals surface area contributed by atoms with Gasteiger partial charge in [0.15, 0.2) is 0 Å². The van der Waals surface area contributed by atoms with Gasteiger partial charge in [0.1, 0.15) is 5.82 Å². The second kappa shape index (κ2) is 7.19. The van der Waals surface area contributed by atoms with Crippen molar-refractivity contribution in [3.8, 4) is 0 Å². The van der Waals surface area contributed by atoms with Gasteiger partial charge in [-0.25, -0.2) is 4.98 Å². The molecule has 0 unspecified atom stereocenters. The third-order valence-electron chi connectivity index (χ3n) is 6.02. The zero-order valence-corrected chi connectivity index (χ0v) is 15.3. The normalized spacial score (nSPS) is 22.0. The molecule has 1 aliphatic heterocycles.